The second kappa shape index (κ2) is 8.66. The van der Waals surface area contributed by atoms with Crippen molar-refractivity contribution in [1.82, 2.24) is 14.9 Å². The van der Waals surface area contributed by atoms with E-state index >= 15 is 0 Å². The number of aromatic nitrogens is 2. The third-order valence-electron chi connectivity index (χ3n) is 7.25. The molecule has 1 aliphatic carbocycles. The number of anilines is 2. The largest absolute Gasteiger partial charge is 0.480 e. The van der Waals surface area contributed by atoms with Crippen LogP contribution in [0.2, 0.25) is 0 Å². The molecule has 5 rings (SSSR count). The van der Waals surface area contributed by atoms with E-state index in [9.17, 15) is 9.59 Å². The molecule has 0 radical (unpaired) electrons. The molecule has 1 aromatic carbocycles. The van der Waals surface area contributed by atoms with Gasteiger partial charge in [-0.2, -0.15) is 0 Å². The first-order chi connectivity index (χ1) is 16.6. The molecule has 1 saturated carbocycles. The number of ether oxygens (including phenoxy) is 1. The van der Waals surface area contributed by atoms with Gasteiger partial charge in [-0.25, -0.2) is 9.97 Å². The lowest BCUT2D eigenvalue weighted by atomic mass is 9.89. The first-order valence-electron chi connectivity index (χ1n) is 12.2. The third-order valence-corrected chi connectivity index (χ3v) is 7.25. The summed E-state index contributed by atoms with van der Waals surface area (Å²) in [7, 11) is 4.01. The van der Waals surface area contributed by atoms with Gasteiger partial charge in [0.15, 0.2) is 11.9 Å². The average Bonchev–Trinajstić information content (AvgIpc) is 3.62. The standard InChI is InChI=1S/C27H33N5O3/c1-17(30(4)5)20-14-31(15-20)26-28-12-21(13-29-26)32-16-27(2,3)24(25(32)34)35-22-10-8-19(9-11-22)23(33)18-6-7-18/h8-13,18,20,24H,1,6-7,14-16H2,2-5H3. The van der Waals surface area contributed by atoms with Crippen LogP contribution in [0.4, 0.5) is 11.6 Å². The molecular weight excluding hydrogens is 442 g/mol. The van der Waals surface area contributed by atoms with E-state index in [1.165, 1.54) is 0 Å². The van der Waals surface area contributed by atoms with Crippen LogP contribution in [0.5, 0.6) is 5.75 Å². The zero-order valence-electron chi connectivity index (χ0n) is 20.9. The number of carbonyl (C=O) groups excluding carboxylic acids is 2. The highest BCUT2D eigenvalue weighted by Gasteiger charge is 2.49. The number of ketones is 1. The fraction of sp³-hybridized carbons (Fsp3) is 0.481. The van der Waals surface area contributed by atoms with Gasteiger partial charge in [0.2, 0.25) is 5.95 Å². The van der Waals surface area contributed by atoms with Crippen molar-refractivity contribution in [2.75, 3.05) is 43.5 Å². The SMILES string of the molecule is C=C(C1CN(c2ncc(N3CC(C)(C)C(Oc4ccc(C(=O)C5CC5)cc4)C3=O)cn2)C1)N(C)C. The molecule has 1 atom stereocenters. The van der Waals surface area contributed by atoms with Gasteiger partial charge in [0, 0.05) is 62.2 Å². The predicted octanol–water partition coefficient (Wildman–Crippen LogP) is 3.40. The normalized spacial score (nSPS) is 21.6. The Hall–Kier alpha value is -3.42. The van der Waals surface area contributed by atoms with Crippen molar-refractivity contribution in [2.24, 2.45) is 17.3 Å². The Kier molecular flexibility index (Phi) is 5.77. The number of carbonyl (C=O) groups is 2. The van der Waals surface area contributed by atoms with Crippen LogP contribution >= 0.6 is 0 Å². The Morgan fingerprint density at radius 2 is 1.71 bits per heavy atom. The average molecular weight is 476 g/mol. The maximum Gasteiger partial charge on any atom is 0.268 e. The number of rotatable bonds is 8. The first-order valence-corrected chi connectivity index (χ1v) is 12.2. The molecule has 184 valence electrons. The molecule has 2 aliphatic heterocycles. The van der Waals surface area contributed by atoms with Crippen LogP contribution < -0.4 is 14.5 Å². The lowest BCUT2D eigenvalue weighted by molar-refractivity contribution is -0.125. The van der Waals surface area contributed by atoms with Crippen LogP contribution in [0.25, 0.3) is 0 Å². The van der Waals surface area contributed by atoms with Gasteiger partial charge in [0.1, 0.15) is 5.75 Å². The molecule has 0 N–H and O–H groups in total. The van der Waals surface area contributed by atoms with E-state index in [0.29, 0.717) is 35.4 Å². The molecule has 0 spiro atoms. The summed E-state index contributed by atoms with van der Waals surface area (Å²) < 4.78 is 6.14. The van der Waals surface area contributed by atoms with Crippen molar-refractivity contribution in [1.29, 1.82) is 0 Å². The molecule has 2 saturated heterocycles. The Morgan fingerprint density at radius 3 is 2.29 bits per heavy atom. The number of Topliss-reactive ketones (excluding diaryl/α,β-unsaturated/α-hetero) is 1. The highest BCUT2D eigenvalue weighted by atomic mass is 16.5. The first kappa shape index (κ1) is 23.3. The highest BCUT2D eigenvalue weighted by Crippen LogP contribution is 2.37. The molecule has 0 bridgehead atoms. The molecule has 1 amide bonds. The fourth-order valence-electron chi connectivity index (χ4n) is 4.72. The summed E-state index contributed by atoms with van der Waals surface area (Å²) in [5.74, 6) is 1.92. The highest BCUT2D eigenvalue weighted by molar-refractivity contribution is 6.00. The van der Waals surface area contributed by atoms with E-state index in [1.54, 1.807) is 41.6 Å². The van der Waals surface area contributed by atoms with E-state index in [1.807, 2.05) is 32.8 Å². The van der Waals surface area contributed by atoms with E-state index < -0.39 is 11.5 Å². The van der Waals surface area contributed by atoms with E-state index in [0.717, 1.165) is 31.6 Å². The number of amides is 1. The van der Waals surface area contributed by atoms with Crippen LogP contribution in [-0.4, -0.2) is 66.4 Å². The van der Waals surface area contributed by atoms with Crippen molar-refractivity contribution in [2.45, 2.75) is 32.8 Å². The zero-order chi connectivity index (χ0) is 24.9. The summed E-state index contributed by atoms with van der Waals surface area (Å²) in [6.07, 6.45) is 4.75. The van der Waals surface area contributed by atoms with Crippen molar-refractivity contribution in [3.05, 3.63) is 54.5 Å². The summed E-state index contributed by atoms with van der Waals surface area (Å²) in [6, 6.07) is 7.15. The van der Waals surface area contributed by atoms with Gasteiger partial charge >= 0.3 is 0 Å². The second-order valence-corrected chi connectivity index (χ2v) is 10.8. The number of hydrogen-bond donors (Lipinski definition) is 0. The van der Waals surface area contributed by atoms with Gasteiger partial charge in [-0.1, -0.05) is 20.4 Å². The molecule has 1 unspecified atom stereocenters. The lowest BCUT2D eigenvalue weighted by Crippen LogP contribution is -2.50. The quantitative estimate of drug-likeness (QED) is 0.542. The Labute approximate surface area is 206 Å². The summed E-state index contributed by atoms with van der Waals surface area (Å²) in [4.78, 5) is 40.5. The number of hydrogen-bond acceptors (Lipinski definition) is 7. The molecule has 3 fully saturated rings. The summed E-state index contributed by atoms with van der Waals surface area (Å²) in [5.41, 5.74) is 2.07. The van der Waals surface area contributed by atoms with Gasteiger partial charge in [0.25, 0.3) is 5.91 Å². The monoisotopic (exact) mass is 475 g/mol. The molecule has 8 nitrogen and oxygen atoms in total. The molecule has 3 heterocycles. The van der Waals surface area contributed by atoms with Gasteiger partial charge in [0.05, 0.1) is 18.1 Å². The van der Waals surface area contributed by atoms with E-state index in [-0.39, 0.29) is 17.6 Å². The summed E-state index contributed by atoms with van der Waals surface area (Å²) in [5, 5.41) is 0. The molecule has 1 aromatic heterocycles. The van der Waals surface area contributed by atoms with E-state index in [2.05, 4.69) is 21.4 Å². The molecule has 8 heteroatoms. The van der Waals surface area contributed by atoms with Gasteiger partial charge in [-0.3, -0.25) is 9.59 Å². The topological polar surface area (TPSA) is 78.9 Å². The summed E-state index contributed by atoms with van der Waals surface area (Å²) >= 11 is 0. The maximum absolute atomic E-state index is 13.3. The number of nitrogens with zero attached hydrogens (tertiary/aromatic N) is 5. The molecular formula is C27H33N5O3. The zero-order valence-corrected chi connectivity index (χ0v) is 20.9. The Morgan fingerprint density at radius 1 is 1.09 bits per heavy atom. The summed E-state index contributed by atoms with van der Waals surface area (Å²) in [6.45, 7) is 10.4. The smallest absolute Gasteiger partial charge is 0.268 e. The third kappa shape index (κ3) is 4.49. The molecule has 2 aromatic rings. The van der Waals surface area contributed by atoms with Gasteiger partial charge in [-0.05, 0) is 37.1 Å². The van der Waals surface area contributed by atoms with Gasteiger partial charge < -0.3 is 19.4 Å². The van der Waals surface area contributed by atoms with Crippen molar-refractivity contribution < 1.29 is 14.3 Å². The molecule has 3 aliphatic rings. The molecule has 35 heavy (non-hydrogen) atoms. The van der Waals surface area contributed by atoms with Crippen LogP contribution in [0, 0.1) is 17.3 Å². The predicted molar refractivity (Wildman–Crippen MR) is 135 cm³/mol. The minimum Gasteiger partial charge on any atom is -0.480 e. The van der Waals surface area contributed by atoms with E-state index in [4.69, 9.17) is 4.74 Å². The second-order valence-electron chi connectivity index (χ2n) is 10.8. The van der Waals surface area contributed by atoms with Crippen LogP contribution in [-0.2, 0) is 4.79 Å². The van der Waals surface area contributed by atoms with Crippen LogP contribution in [0.3, 0.4) is 0 Å². The van der Waals surface area contributed by atoms with Crippen LogP contribution in [0.1, 0.15) is 37.0 Å². The lowest BCUT2D eigenvalue weighted by Gasteiger charge is -2.41. The van der Waals surface area contributed by atoms with Crippen molar-refractivity contribution in [3.63, 3.8) is 0 Å². The maximum atomic E-state index is 13.3. The minimum atomic E-state index is -0.639. The van der Waals surface area contributed by atoms with Crippen molar-refractivity contribution >= 4 is 23.3 Å². The Balaban J connectivity index is 1.23. The number of benzene rings is 1. The van der Waals surface area contributed by atoms with Crippen LogP contribution in [0.15, 0.2) is 48.9 Å². The van der Waals surface area contributed by atoms with Gasteiger partial charge in [-0.15, -0.1) is 0 Å². The Bertz CT molecular complexity index is 1130. The fourth-order valence-corrected chi connectivity index (χ4v) is 4.72. The van der Waals surface area contributed by atoms with Crippen molar-refractivity contribution in [3.8, 4) is 5.75 Å². The minimum absolute atomic E-state index is 0.115.